The van der Waals surface area contributed by atoms with Gasteiger partial charge >= 0.3 is 17.9 Å². The fourth-order valence-electron chi connectivity index (χ4n) is 1.19. The molecule has 0 heterocycles. The fraction of sp³-hybridized carbons (Fsp3) is 0. The van der Waals surface area contributed by atoms with Gasteiger partial charge in [-0.05, 0) is 29.8 Å². The quantitative estimate of drug-likeness (QED) is 0.676. The summed E-state index contributed by atoms with van der Waals surface area (Å²) in [6.07, 6.45) is 1.78. The summed E-state index contributed by atoms with van der Waals surface area (Å²) in [7, 11) is 0. The Balaban J connectivity index is 3.30. The summed E-state index contributed by atoms with van der Waals surface area (Å²) in [5, 5.41) is 26.0. The van der Waals surface area contributed by atoms with Crippen molar-refractivity contribution < 1.29 is 29.7 Å². The smallest absolute Gasteiger partial charge is 0.336 e. The lowest BCUT2D eigenvalue weighted by molar-refractivity contribution is -0.131. The molecule has 1 rings (SSSR count). The Labute approximate surface area is 95.4 Å². The molecule has 6 nitrogen and oxygen atoms in total. The van der Waals surface area contributed by atoms with Crippen LogP contribution in [0.2, 0.25) is 0 Å². The van der Waals surface area contributed by atoms with Crippen LogP contribution in [-0.2, 0) is 4.79 Å². The van der Waals surface area contributed by atoms with Crippen LogP contribution in [0.1, 0.15) is 26.3 Å². The molecule has 0 fully saturated rings. The number of benzene rings is 1. The Hall–Kier alpha value is -2.63. The molecule has 0 radical (unpaired) electrons. The van der Waals surface area contributed by atoms with Crippen LogP contribution in [0, 0.1) is 0 Å². The topological polar surface area (TPSA) is 112 Å². The van der Waals surface area contributed by atoms with Crippen molar-refractivity contribution in [3.05, 3.63) is 41.0 Å². The van der Waals surface area contributed by atoms with Gasteiger partial charge < -0.3 is 15.3 Å². The van der Waals surface area contributed by atoms with E-state index in [1.165, 1.54) is 0 Å². The first-order valence-electron chi connectivity index (χ1n) is 4.43. The number of carboxylic acids is 3. The minimum Gasteiger partial charge on any atom is -0.478 e. The summed E-state index contributed by atoms with van der Waals surface area (Å²) < 4.78 is 0. The average molecular weight is 236 g/mol. The number of aliphatic carboxylic acids is 1. The Morgan fingerprint density at radius 2 is 1.65 bits per heavy atom. The summed E-state index contributed by atoms with van der Waals surface area (Å²) in [6.45, 7) is 0. The number of hydrogen-bond donors (Lipinski definition) is 3. The molecule has 88 valence electrons. The molecule has 1 aromatic carbocycles. The number of aromatic carboxylic acids is 2. The van der Waals surface area contributed by atoms with Crippen molar-refractivity contribution in [2.24, 2.45) is 0 Å². The summed E-state index contributed by atoms with van der Waals surface area (Å²) in [6, 6.07) is 3.36. The van der Waals surface area contributed by atoms with E-state index < -0.39 is 17.9 Å². The van der Waals surface area contributed by atoms with E-state index in [2.05, 4.69) is 0 Å². The Kier molecular flexibility index (Phi) is 3.61. The van der Waals surface area contributed by atoms with Crippen LogP contribution in [-0.4, -0.2) is 33.2 Å². The van der Waals surface area contributed by atoms with Gasteiger partial charge in [-0.25, -0.2) is 14.4 Å². The summed E-state index contributed by atoms with van der Waals surface area (Å²) in [4.78, 5) is 31.8. The van der Waals surface area contributed by atoms with Crippen LogP contribution in [0.4, 0.5) is 0 Å². The van der Waals surface area contributed by atoms with Crippen molar-refractivity contribution in [3.8, 4) is 0 Å². The largest absolute Gasteiger partial charge is 0.478 e. The zero-order valence-electron chi connectivity index (χ0n) is 8.45. The SMILES string of the molecule is O=C(O)C=Cc1cc(C(=O)O)ccc1C(=O)O. The van der Waals surface area contributed by atoms with E-state index >= 15 is 0 Å². The molecule has 0 aliphatic carbocycles. The summed E-state index contributed by atoms with van der Waals surface area (Å²) in [5.41, 5.74) is -0.243. The van der Waals surface area contributed by atoms with Gasteiger partial charge in [0.1, 0.15) is 0 Å². The number of carbonyl (C=O) groups is 3. The first kappa shape index (κ1) is 12.4. The first-order valence-corrected chi connectivity index (χ1v) is 4.43. The second kappa shape index (κ2) is 4.93. The van der Waals surface area contributed by atoms with Crippen LogP contribution < -0.4 is 0 Å². The van der Waals surface area contributed by atoms with Gasteiger partial charge in [0.15, 0.2) is 0 Å². The molecule has 0 aliphatic heterocycles. The van der Waals surface area contributed by atoms with E-state index in [1.807, 2.05) is 0 Å². The zero-order valence-corrected chi connectivity index (χ0v) is 8.45. The fourth-order valence-corrected chi connectivity index (χ4v) is 1.19. The van der Waals surface area contributed by atoms with Crippen LogP contribution in [0.25, 0.3) is 6.08 Å². The molecule has 3 N–H and O–H groups in total. The van der Waals surface area contributed by atoms with Gasteiger partial charge in [0.2, 0.25) is 0 Å². The molecule has 0 atom stereocenters. The Bertz CT molecular complexity index is 515. The van der Waals surface area contributed by atoms with E-state index in [9.17, 15) is 14.4 Å². The van der Waals surface area contributed by atoms with Gasteiger partial charge in [0, 0.05) is 6.08 Å². The van der Waals surface area contributed by atoms with Gasteiger partial charge in [0.05, 0.1) is 11.1 Å². The van der Waals surface area contributed by atoms with Crippen molar-refractivity contribution in [1.29, 1.82) is 0 Å². The van der Waals surface area contributed by atoms with E-state index in [0.717, 1.165) is 30.4 Å². The highest BCUT2D eigenvalue weighted by Crippen LogP contribution is 2.14. The Morgan fingerprint density at radius 3 is 2.12 bits per heavy atom. The average Bonchev–Trinajstić information content (AvgIpc) is 2.25. The second-order valence-corrected chi connectivity index (χ2v) is 3.08. The lowest BCUT2D eigenvalue weighted by Crippen LogP contribution is -2.03. The summed E-state index contributed by atoms with van der Waals surface area (Å²) >= 11 is 0. The normalized spacial score (nSPS) is 10.4. The number of hydrogen-bond acceptors (Lipinski definition) is 3. The number of carboxylic acid groups (broad SMARTS) is 3. The molecule has 17 heavy (non-hydrogen) atoms. The van der Waals surface area contributed by atoms with Gasteiger partial charge in [-0.3, -0.25) is 0 Å². The second-order valence-electron chi connectivity index (χ2n) is 3.08. The lowest BCUT2D eigenvalue weighted by Gasteiger charge is -2.02. The molecule has 0 amide bonds. The van der Waals surface area contributed by atoms with Gasteiger partial charge in [0.25, 0.3) is 0 Å². The van der Waals surface area contributed by atoms with Crippen molar-refractivity contribution in [3.63, 3.8) is 0 Å². The maximum absolute atomic E-state index is 10.8. The minimum absolute atomic E-state index is 0.0276. The molecular weight excluding hydrogens is 228 g/mol. The highest BCUT2D eigenvalue weighted by atomic mass is 16.4. The maximum atomic E-state index is 10.8. The molecule has 0 unspecified atom stereocenters. The zero-order chi connectivity index (χ0) is 13.0. The first-order chi connectivity index (χ1) is 7.91. The molecular formula is C11H8O6. The monoisotopic (exact) mass is 236 g/mol. The third kappa shape index (κ3) is 3.16. The molecule has 0 saturated carbocycles. The third-order valence-electron chi connectivity index (χ3n) is 1.93. The molecule has 0 aromatic heterocycles. The molecule has 0 spiro atoms. The van der Waals surface area contributed by atoms with Crippen molar-refractivity contribution in [2.75, 3.05) is 0 Å². The predicted molar refractivity (Wildman–Crippen MR) is 57.0 cm³/mol. The van der Waals surface area contributed by atoms with E-state index in [1.54, 1.807) is 0 Å². The van der Waals surface area contributed by atoms with Crippen LogP contribution in [0.5, 0.6) is 0 Å². The van der Waals surface area contributed by atoms with Crippen molar-refractivity contribution in [2.45, 2.75) is 0 Å². The third-order valence-corrected chi connectivity index (χ3v) is 1.93. The van der Waals surface area contributed by atoms with Crippen LogP contribution in [0.3, 0.4) is 0 Å². The Morgan fingerprint density at radius 1 is 1.00 bits per heavy atom. The molecule has 0 saturated heterocycles. The lowest BCUT2D eigenvalue weighted by atomic mass is 10.0. The predicted octanol–water partition coefficient (Wildman–Crippen LogP) is 1.18. The summed E-state index contributed by atoms with van der Waals surface area (Å²) in [5.74, 6) is -3.72. The highest BCUT2D eigenvalue weighted by molar-refractivity contribution is 5.97. The number of rotatable bonds is 4. The molecule has 0 bridgehead atoms. The van der Waals surface area contributed by atoms with E-state index in [0.29, 0.717) is 0 Å². The van der Waals surface area contributed by atoms with Gasteiger partial charge in [-0.15, -0.1) is 0 Å². The minimum atomic E-state index is -1.26. The molecule has 1 aromatic rings. The maximum Gasteiger partial charge on any atom is 0.336 e. The van der Waals surface area contributed by atoms with Crippen LogP contribution >= 0.6 is 0 Å². The van der Waals surface area contributed by atoms with E-state index in [-0.39, 0.29) is 16.7 Å². The highest BCUT2D eigenvalue weighted by Gasteiger charge is 2.11. The van der Waals surface area contributed by atoms with Crippen LogP contribution in [0.15, 0.2) is 24.3 Å². The molecule has 6 heteroatoms. The van der Waals surface area contributed by atoms with Gasteiger partial charge in [-0.2, -0.15) is 0 Å². The standard InChI is InChI=1S/C11H8O6/c12-9(13)4-2-6-5-7(10(14)15)1-3-8(6)11(16)17/h1-5H,(H,12,13)(H,14,15)(H,16,17). The van der Waals surface area contributed by atoms with Crippen molar-refractivity contribution in [1.82, 2.24) is 0 Å². The van der Waals surface area contributed by atoms with Crippen molar-refractivity contribution >= 4 is 24.0 Å². The molecule has 0 aliphatic rings. The van der Waals surface area contributed by atoms with E-state index in [4.69, 9.17) is 15.3 Å². The van der Waals surface area contributed by atoms with Gasteiger partial charge in [-0.1, -0.05) is 0 Å².